The Morgan fingerprint density at radius 2 is 2.00 bits per heavy atom. The summed E-state index contributed by atoms with van der Waals surface area (Å²) < 4.78 is 5.53. The minimum Gasteiger partial charge on any atom is -0.342 e. The predicted octanol–water partition coefficient (Wildman–Crippen LogP) is 4.68. The van der Waals surface area contributed by atoms with Gasteiger partial charge >= 0.3 is 0 Å². The Morgan fingerprint density at radius 3 is 2.81 bits per heavy atom. The van der Waals surface area contributed by atoms with Crippen LogP contribution in [0.5, 0.6) is 0 Å². The van der Waals surface area contributed by atoms with Gasteiger partial charge in [-0.05, 0) is 37.8 Å². The molecule has 1 aliphatic heterocycles. The molecular weight excluding hydrogens is 350 g/mol. The van der Waals surface area contributed by atoms with Crippen molar-refractivity contribution in [2.24, 2.45) is 5.92 Å². The third-order valence-corrected chi connectivity index (χ3v) is 5.80. The number of amides is 1. The first-order valence-corrected chi connectivity index (χ1v) is 9.97. The topological polar surface area (TPSA) is 59.2 Å². The first kappa shape index (κ1) is 17.5. The van der Waals surface area contributed by atoms with E-state index in [9.17, 15) is 4.79 Å². The number of carbonyl (C=O) groups is 1. The summed E-state index contributed by atoms with van der Waals surface area (Å²) in [6.07, 6.45) is 7.67. The third-order valence-electron chi connectivity index (χ3n) is 5.56. The largest absolute Gasteiger partial charge is 0.342 e. The average Bonchev–Trinajstić information content (AvgIpc) is 3.19. The molecule has 1 aromatic heterocycles. The number of benzene rings is 1. The highest BCUT2D eigenvalue weighted by Gasteiger charge is 2.32. The molecule has 2 fully saturated rings. The predicted molar refractivity (Wildman–Crippen MR) is 99.9 cm³/mol. The lowest BCUT2D eigenvalue weighted by atomic mass is 9.87. The van der Waals surface area contributed by atoms with Crippen molar-refractivity contribution in [2.75, 3.05) is 13.1 Å². The summed E-state index contributed by atoms with van der Waals surface area (Å²) in [7, 11) is 0. The highest BCUT2D eigenvalue weighted by molar-refractivity contribution is 6.30. The van der Waals surface area contributed by atoms with Crippen LogP contribution < -0.4 is 0 Å². The number of carbonyl (C=O) groups excluding carboxylic acids is 1. The molecule has 2 aromatic rings. The van der Waals surface area contributed by atoms with E-state index in [1.54, 1.807) is 0 Å². The summed E-state index contributed by atoms with van der Waals surface area (Å²) in [6.45, 7) is 1.54. The van der Waals surface area contributed by atoms with Gasteiger partial charge in [-0.2, -0.15) is 4.98 Å². The van der Waals surface area contributed by atoms with Gasteiger partial charge in [0.1, 0.15) is 0 Å². The van der Waals surface area contributed by atoms with Gasteiger partial charge in [0.05, 0.1) is 5.92 Å². The fourth-order valence-electron chi connectivity index (χ4n) is 4.13. The Labute approximate surface area is 158 Å². The quantitative estimate of drug-likeness (QED) is 0.783. The van der Waals surface area contributed by atoms with Crippen LogP contribution in [0.3, 0.4) is 0 Å². The zero-order valence-electron chi connectivity index (χ0n) is 14.9. The van der Waals surface area contributed by atoms with Crippen LogP contribution in [0.2, 0.25) is 5.02 Å². The normalized spacial score (nSPS) is 21.7. The van der Waals surface area contributed by atoms with Gasteiger partial charge in [0.2, 0.25) is 17.6 Å². The summed E-state index contributed by atoms with van der Waals surface area (Å²) in [5.74, 6) is 1.84. The highest BCUT2D eigenvalue weighted by atomic mass is 35.5. The molecule has 4 rings (SSSR count). The summed E-state index contributed by atoms with van der Waals surface area (Å²) in [5, 5.41) is 4.76. The van der Waals surface area contributed by atoms with Crippen molar-refractivity contribution in [3.63, 3.8) is 0 Å². The van der Waals surface area contributed by atoms with Crippen molar-refractivity contribution in [2.45, 2.75) is 50.9 Å². The number of aromatic nitrogens is 2. The second-order valence-electron chi connectivity index (χ2n) is 7.42. The Hall–Kier alpha value is -1.88. The molecule has 0 radical (unpaired) electrons. The standard InChI is InChI=1S/C20H24ClN3O2/c21-17-10-4-8-15(12-17)18-22-19(26-23-18)16-9-5-11-24(13-16)20(25)14-6-2-1-3-7-14/h4,8,10,12,14,16H,1-3,5-7,9,11,13H2/t16-/m1/s1. The maximum atomic E-state index is 12.8. The molecule has 1 saturated carbocycles. The SMILES string of the molecule is O=C(C1CCCCC1)N1CCC[C@@H](c2nc(-c3cccc(Cl)c3)no2)C1. The monoisotopic (exact) mass is 373 g/mol. The smallest absolute Gasteiger partial charge is 0.231 e. The van der Waals surface area contributed by atoms with E-state index < -0.39 is 0 Å². The number of likely N-dealkylation sites (tertiary alicyclic amines) is 1. The zero-order valence-corrected chi connectivity index (χ0v) is 15.6. The van der Waals surface area contributed by atoms with Gasteiger partial charge in [0, 0.05) is 29.6 Å². The van der Waals surface area contributed by atoms with Crippen molar-refractivity contribution < 1.29 is 9.32 Å². The van der Waals surface area contributed by atoms with Crippen LogP contribution in [0.1, 0.15) is 56.8 Å². The Kier molecular flexibility index (Phi) is 5.25. The molecule has 0 N–H and O–H groups in total. The highest BCUT2D eigenvalue weighted by Crippen LogP contribution is 2.31. The molecule has 138 valence electrons. The van der Waals surface area contributed by atoms with E-state index in [-0.39, 0.29) is 11.8 Å². The Bertz CT molecular complexity index is 770. The Morgan fingerprint density at radius 1 is 1.15 bits per heavy atom. The first-order valence-electron chi connectivity index (χ1n) is 9.59. The molecule has 1 saturated heterocycles. The number of hydrogen-bond acceptors (Lipinski definition) is 4. The molecule has 0 spiro atoms. The fourth-order valence-corrected chi connectivity index (χ4v) is 4.32. The molecule has 1 amide bonds. The molecule has 5 nitrogen and oxygen atoms in total. The molecule has 0 bridgehead atoms. The minimum absolute atomic E-state index is 0.122. The van der Waals surface area contributed by atoms with Crippen LogP contribution in [-0.2, 0) is 4.79 Å². The molecule has 1 aliphatic carbocycles. The molecular formula is C20H24ClN3O2. The lowest BCUT2D eigenvalue weighted by molar-refractivity contribution is -0.137. The van der Waals surface area contributed by atoms with Gasteiger partial charge < -0.3 is 9.42 Å². The van der Waals surface area contributed by atoms with Gasteiger partial charge in [-0.25, -0.2) is 0 Å². The van der Waals surface area contributed by atoms with E-state index >= 15 is 0 Å². The van der Waals surface area contributed by atoms with Gasteiger partial charge in [0.15, 0.2) is 0 Å². The second kappa shape index (κ2) is 7.78. The van der Waals surface area contributed by atoms with E-state index in [0.29, 0.717) is 29.2 Å². The van der Waals surface area contributed by atoms with Gasteiger partial charge in [-0.3, -0.25) is 4.79 Å². The third kappa shape index (κ3) is 3.78. The average molecular weight is 374 g/mol. The molecule has 26 heavy (non-hydrogen) atoms. The molecule has 0 unspecified atom stereocenters. The van der Waals surface area contributed by atoms with Crippen molar-refractivity contribution >= 4 is 17.5 Å². The maximum absolute atomic E-state index is 12.8. The van der Waals surface area contributed by atoms with Crippen LogP contribution in [0.15, 0.2) is 28.8 Å². The van der Waals surface area contributed by atoms with Crippen LogP contribution in [0.25, 0.3) is 11.4 Å². The van der Waals surface area contributed by atoms with Crippen molar-refractivity contribution in [3.05, 3.63) is 35.2 Å². The number of nitrogens with zero attached hydrogens (tertiary/aromatic N) is 3. The maximum Gasteiger partial charge on any atom is 0.231 e. The summed E-state index contributed by atoms with van der Waals surface area (Å²) in [6, 6.07) is 7.44. The van der Waals surface area contributed by atoms with Crippen molar-refractivity contribution in [1.82, 2.24) is 15.0 Å². The molecule has 6 heteroatoms. The van der Waals surface area contributed by atoms with Crippen molar-refractivity contribution in [3.8, 4) is 11.4 Å². The van der Waals surface area contributed by atoms with Crippen LogP contribution >= 0.6 is 11.6 Å². The van der Waals surface area contributed by atoms with Gasteiger partial charge in [0.25, 0.3) is 0 Å². The van der Waals surface area contributed by atoms with Crippen molar-refractivity contribution in [1.29, 1.82) is 0 Å². The van der Waals surface area contributed by atoms with Crippen LogP contribution in [0.4, 0.5) is 0 Å². The summed E-state index contributed by atoms with van der Waals surface area (Å²) in [4.78, 5) is 19.4. The number of hydrogen-bond donors (Lipinski definition) is 0. The lowest BCUT2D eigenvalue weighted by Crippen LogP contribution is -2.42. The lowest BCUT2D eigenvalue weighted by Gasteiger charge is -2.34. The summed E-state index contributed by atoms with van der Waals surface area (Å²) in [5.41, 5.74) is 0.846. The van der Waals surface area contributed by atoms with E-state index in [4.69, 9.17) is 16.1 Å². The van der Waals surface area contributed by atoms with Crippen LogP contribution in [0, 0.1) is 5.92 Å². The molecule has 2 heterocycles. The van der Waals surface area contributed by atoms with Crippen LogP contribution in [-0.4, -0.2) is 34.0 Å². The summed E-state index contributed by atoms with van der Waals surface area (Å²) >= 11 is 6.05. The van der Waals surface area contributed by atoms with E-state index in [1.807, 2.05) is 29.2 Å². The molecule has 1 atom stereocenters. The van der Waals surface area contributed by atoms with E-state index in [1.165, 1.54) is 19.3 Å². The first-order chi connectivity index (χ1) is 12.7. The molecule has 2 aliphatic rings. The number of halogens is 1. The second-order valence-corrected chi connectivity index (χ2v) is 7.86. The van der Waals surface area contributed by atoms with E-state index in [2.05, 4.69) is 10.1 Å². The number of rotatable bonds is 3. The van der Waals surface area contributed by atoms with E-state index in [0.717, 1.165) is 37.8 Å². The molecule has 1 aromatic carbocycles. The minimum atomic E-state index is 0.122. The number of piperidine rings is 1. The zero-order chi connectivity index (χ0) is 17.9. The Balaban J connectivity index is 1.45. The fraction of sp³-hybridized carbons (Fsp3) is 0.550. The van der Waals surface area contributed by atoms with Gasteiger partial charge in [-0.1, -0.05) is 48.2 Å². The van der Waals surface area contributed by atoms with Gasteiger partial charge in [-0.15, -0.1) is 0 Å².